The predicted molar refractivity (Wildman–Crippen MR) is 99.5 cm³/mol. The molecule has 0 aliphatic carbocycles. The van der Waals surface area contributed by atoms with Crippen LogP contribution in [0.15, 0.2) is 0 Å². The minimum atomic E-state index is -7.29. The number of halogens is 24. The summed E-state index contributed by atoms with van der Waals surface area (Å²) in [5, 5.41) is -2.26. The number of alkyl halides is 24. The molecule has 0 saturated carbocycles. The number of hydroxylamine groups is 2. The Morgan fingerprint density at radius 2 is 0.640 bits per heavy atom. The summed E-state index contributed by atoms with van der Waals surface area (Å²) >= 11 is 0. The van der Waals surface area contributed by atoms with E-state index in [2.05, 4.69) is 19.0 Å². The quantitative estimate of drug-likeness (QED) is 0.0715. The zero-order valence-electron chi connectivity index (χ0n) is 22.2. The third-order valence-electron chi connectivity index (χ3n) is 5.08. The predicted octanol–water partition coefficient (Wildman–Crippen LogP) is 8.14. The van der Waals surface area contributed by atoms with Crippen molar-refractivity contribution < 1.29 is 139 Å². The number of rotatable bonds is 15. The van der Waals surface area contributed by atoms with Gasteiger partial charge in [-0.25, -0.2) is 40.7 Å². The minimum absolute atomic E-state index is 2.26. The van der Waals surface area contributed by atoms with Gasteiger partial charge in [0, 0.05) is 0 Å². The Bertz CT molecular complexity index is 1150. The van der Waals surface area contributed by atoms with E-state index in [9.17, 15) is 120 Å². The van der Waals surface area contributed by atoms with E-state index in [1.807, 2.05) is 0 Å². The minimum Gasteiger partial charge on any atom is -0.440 e. The van der Waals surface area contributed by atoms with Crippen LogP contribution in [0.1, 0.15) is 0 Å². The molecule has 0 aliphatic heterocycles. The van der Waals surface area contributed by atoms with Crippen molar-refractivity contribution >= 4 is 18.3 Å². The van der Waals surface area contributed by atoms with Gasteiger partial charge in [-0.2, -0.15) is 79.0 Å². The van der Waals surface area contributed by atoms with Crippen molar-refractivity contribution in [2.24, 2.45) is 0 Å². The van der Waals surface area contributed by atoms with Gasteiger partial charge in [-0.3, -0.25) is 4.84 Å². The van der Waals surface area contributed by atoms with Gasteiger partial charge in [0.05, 0.1) is 0 Å². The van der Waals surface area contributed by atoms with E-state index in [-0.39, 0.29) is 0 Å². The first kappa shape index (κ1) is 46.3. The van der Waals surface area contributed by atoms with Gasteiger partial charge in [-0.15, -0.1) is 0 Å². The van der Waals surface area contributed by atoms with Gasteiger partial charge < -0.3 is 14.2 Å². The fraction of sp³-hybridized carbons (Fsp3) is 0.833. The van der Waals surface area contributed by atoms with Crippen LogP contribution in [0.4, 0.5) is 120 Å². The summed E-state index contributed by atoms with van der Waals surface area (Å²) in [5.41, 5.74) is 0. The lowest BCUT2D eigenvalue weighted by Gasteiger charge is -2.32. The van der Waals surface area contributed by atoms with Crippen LogP contribution < -0.4 is 0 Å². The lowest BCUT2D eigenvalue weighted by Crippen LogP contribution is -2.60. The molecular formula is C18H9F24NO7. The molecule has 0 aromatic carbocycles. The molecule has 0 rings (SSSR count). The molecule has 0 N–H and O–H groups in total. The number of nitrogens with zero attached hydrogens (tertiary/aromatic N) is 1. The summed E-state index contributed by atoms with van der Waals surface area (Å²) in [6.45, 7) is -11.1. The highest BCUT2D eigenvalue weighted by Crippen LogP contribution is 2.51. The average molecular weight is 807 g/mol. The molecule has 0 unspecified atom stereocenters. The zero-order valence-corrected chi connectivity index (χ0v) is 22.2. The lowest BCUT2D eigenvalue weighted by atomic mass is 10.1. The van der Waals surface area contributed by atoms with E-state index in [1.54, 1.807) is 0 Å². The van der Waals surface area contributed by atoms with Crippen molar-refractivity contribution in [3.63, 3.8) is 0 Å². The van der Waals surface area contributed by atoms with Crippen LogP contribution in [-0.4, -0.2) is 116 Å². The van der Waals surface area contributed by atoms with E-state index in [0.717, 1.165) is 0 Å². The van der Waals surface area contributed by atoms with E-state index >= 15 is 0 Å². The third kappa shape index (κ3) is 8.61. The molecule has 0 aromatic heterocycles. The van der Waals surface area contributed by atoms with Crippen LogP contribution >= 0.6 is 0 Å². The molecule has 0 heterocycles. The molecule has 0 spiro atoms. The Kier molecular flexibility index (Phi) is 13.5. The Labute approximate surface area is 256 Å². The second kappa shape index (κ2) is 14.5. The Morgan fingerprint density at radius 1 is 0.420 bits per heavy atom. The van der Waals surface area contributed by atoms with Crippen LogP contribution in [0.5, 0.6) is 0 Å². The summed E-state index contributed by atoms with van der Waals surface area (Å²) in [6, 6.07) is 0. The molecular weight excluding hydrogens is 798 g/mol. The number of ether oxygens (including phenoxy) is 3. The van der Waals surface area contributed by atoms with Crippen molar-refractivity contribution in [2.45, 2.75) is 72.6 Å². The fourth-order valence-electron chi connectivity index (χ4n) is 2.24. The topological polar surface area (TPSA) is 91.4 Å². The van der Waals surface area contributed by atoms with Crippen molar-refractivity contribution in [3.8, 4) is 0 Å². The van der Waals surface area contributed by atoms with Gasteiger partial charge in [0.1, 0.15) is 0 Å². The second-order valence-electron chi connectivity index (χ2n) is 8.64. The molecule has 0 aliphatic rings. The fourth-order valence-corrected chi connectivity index (χ4v) is 2.24. The first-order chi connectivity index (χ1) is 21.8. The Balaban J connectivity index is 6.42. The van der Waals surface area contributed by atoms with E-state index in [4.69, 9.17) is 0 Å². The maximum Gasteiger partial charge on any atom is 0.534 e. The maximum absolute atomic E-state index is 13.6. The van der Waals surface area contributed by atoms with Crippen molar-refractivity contribution in [2.75, 3.05) is 19.8 Å². The maximum atomic E-state index is 13.6. The monoisotopic (exact) mass is 807 g/mol. The molecule has 2 amide bonds. The van der Waals surface area contributed by atoms with Gasteiger partial charge in [0.25, 0.3) is 0 Å². The van der Waals surface area contributed by atoms with Gasteiger partial charge in [0.15, 0.2) is 19.8 Å². The summed E-state index contributed by atoms with van der Waals surface area (Å²) in [6.07, 6.45) is -27.7. The smallest absolute Gasteiger partial charge is 0.440 e. The molecule has 50 heavy (non-hydrogen) atoms. The second-order valence-corrected chi connectivity index (χ2v) is 8.64. The number of carbonyl (C=O) groups is 3. The number of imide groups is 1. The van der Waals surface area contributed by atoms with Crippen molar-refractivity contribution in [1.82, 2.24) is 5.06 Å². The normalized spacial score (nSPS) is 14.6. The largest absolute Gasteiger partial charge is 0.534 e. The first-order valence-electron chi connectivity index (χ1n) is 11.1. The zero-order chi connectivity index (χ0) is 40.5. The van der Waals surface area contributed by atoms with Crippen LogP contribution in [0, 0.1) is 0 Å². The summed E-state index contributed by atoms with van der Waals surface area (Å²) < 4.78 is 320. The highest BCUT2D eigenvalue weighted by atomic mass is 19.4. The number of amides is 2. The molecule has 0 fully saturated rings. The van der Waals surface area contributed by atoms with Crippen LogP contribution in [0.3, 0.4) is 0 Å². The Morgan fingerprint density at radius 3 is 0.860 bits per heavy atom. The van der Waals surface area contributed by atoms with Crippen molar-refractivity contribution in [1.29, 1.82) is 0 Å². The molecule has 32 heteroatoms. The van der Waals surface area contributed by atoms with Gasteiger partial charge in [-0.05, 0) is 5.06 Å². The van der Waals surface area contributed by atoms with Crippen LogP contribution in [0.2, 0.25) is 0 Å². The number of hydrogen-bond acceptors (Lipinski definition) is 7. The SMILES string of the molecule is O=C(OCC(F)(F)C(F)(F)C(F)(F)C(F)F)ON(C(=O)OCC(F)(F)C(F)(F)C(F)(F)C(F)F)C(=O)OCC(F)(F)C(F)(F)C(F)(F)C(F)F. The van der Waals surface area contributed by atoms with E-state index < -0.39 is 116 Å². The molecule has 296 valence electrons. The summed E-state index contributed by atoms with van der Waals surface area (Å²) in [4.78, 5) is 38.0. The highest BCUT2D eigenvalue weighted by molar-refractivity contribution is 5.87. The van der Waals surface area contributed by atoms with Gasteiger partial charge in [-0.1, -0.05) is 0 Å². The molecule has 0 atom stereocenters. The van der Waals surface area contributed by atoms with E-state index in [1.165, 1.54) is 0 Å². The lowest BCUT2D eigenvalue weighted by molar-refractivity contribution is -0.345. The van der Waals surface area contributed by atoms with Gasteiger partial charge in [0.2, 0.25) is 0 Å². The Hall–Kier alpha value is -3.67. The number of carbonyl (C=O) groups excluding carboxylic acids is 3. The molecule has 0 radical (unpaired) electrons. The number of hydrogen-bond donors (Lipinski definition) is 0. The molecule has 0 aromatic rings. The first-order valence-corrected chi connectivity index (χ1v) is 11.1. The van der Waals surface area contributed by atoms with Crippen molar-refractivity contribution in [3.05, 3.63) is 0 Å². The van der Waals surface area contributed by atoms with Gasteiger partial charge >= 0.3 is 90.9 Å². The average Bonchev–Trinajstić information content (AvgIpc) is 2.95. The van der Waals surface area contributed by atoms with Crippen LogP contribution in [0.25, 0.3) is 0 Å². The highest BCUT2D eigenvalue weighted by Gasteiger charge is 2.78. The molecule has 8 nitrogen and oxygen atoms in total. The molecule has 0 bridgehead atoms. The molecule has 0 saturated heterocycles. The standard InChI is InChI=1S/C18H9F24NO7/c19-4(20)13(31,32)16(37,38)10(25,26)1-47-7(44)43(8(45)48-2-11(27,28)17(39,40)14(33,34)5(21)22)50-9(46)49-3-12(29,30)18(41,42)15(35,36)6(23)24/h4-6H,1-3H2. The summed E-state index contributed by atoms with van der Waals surface area (Å²) in [7, 11) is 0. The third-order valence-corrected chi connectivity index (χ3v) is 5.08. The van der Waals surface area contributed by atoms with Crippen LogP contribution in [-0.2, 0) is 19.0 Å². The van der Waals surface area contributed by atoms with E-state index in [0.29, 0.717) is 0 Å². The summed E-state index contributed by atoms with van der Waals surface area (Å²) in [5.74, 6) is -63.1.